The van der Waals surface area contributed by atoms with Crippen LogP contribution in [0.15, 0.2) is 40.9 Å². The van der Waals surface area contributed by atoms with Crippen LogP contribution < -0.4 is 0 Å². The highest BCUT2D eigenvalue weighted by Gasteiger charge is 2.15. The summed E-state index contributed by atoms with van der Waals surface area (Å²) < 4.78 is 0.616. The standard InChI is InChI=1S/C14H11BrCl2O2/c15-11-5-8(1-3-13(11)18)10(7-16)9-2-4-14(19)12(17)6-9/h1-6,10,18-19H,7H2. The molecular formula is C14H11BrCl2O2. The van der Waals surface area contributed by atoms with E-state index in [1.54, 1.807) is 24.3 Å². The highest BCUT2D eigenvalue weighted by atomic mass is 79.9. The van der Waals surface area contributed by atoms with Crippen molar-refractivity contribution < 1.29 is 10.2 Å². The molecule has 0 fully saturated rings. The first kappa shape index (κ1) is 14.5. The zero-order valence-electron chi connectivity index (χ0n) is 9.78. The molecule has 2 aromatic rings. The smallest absolute Gasteiger partial charge is 0.134 e. The van der Waals surface area contributed by atoms with Crippen molar-refractivity contribution >= 4 is 39.1 Å². The Hall–Kier alpha value is -0.900. The quantitative estimate of drug-likeness (QED) is 0.764. The molecule has 2 aromatic carbocycles. The van der Waals surface area contributed by atoms with Crippen LogP contribution in [0.25, 0.3) is 0 Å². The topological polar surface area (TPSA) is 40.5 Å². The van der Waals surface area contributed by atoms with Gasteiger partial charge in [0.1, 0.15) is 11.5 Å². The number of hydrogen-bond acceptors (Lipinski definition) is 2. The van der Waals surface area contributed by atoms with E-state index in [0.29, 0.717) is 15.4 Å². The first-order valence-corrected chi connectivity index (χ1v) is 7.26. The number of benzene rings is 2. The second kappa shape index (κ2) is 6.04. The van der Waals surface area contributed by atoms with Crippen LogP contribution in [-0.2, 0) is 0 Å². The molecule has 0 amide bonds. The van der Waals surface area contributed by atoms with Crippen molar-refractivity contribution in [3.05, 3.63) is 57.0 Å². The van der Waals surface area contributed by atoms with E-state index >= 15 is 0 Å². The fraction of sp³-hybridized carbons (Fsp3) is 0.143. The predicted molar refractivity (Wildman–Crippen MR) is 81.5 cm³/mol. The van der Waals surface area contributed by atoms with Gasteiger partial charge in [0, 0.05) is 11.8 Å². The highest BCUT2D eigenvalue weighted by molar-refractivity contribution is 9.10. The van der Waals surface area contributed by atoms with Crippen LogP contribution in [0.2, 0.25) is 5.02 Å². The largest absolute Gasteiger partial charge is 0.507 e. The van der Waals surface area contributed by atoms with Crippen molar-refractivity contribution in [1.29, 1.82) is 0 Å². The number of rotatable bonds is 3. The van der Waals surface area contributed by atoms with Crippen molar-refractivity contribution in [1.82, 2.24) is 0 Å². The monoisotopic (exact) mass is 360 g/mol. The van der Waals surface area contributed by atoms with Gasteiger partial charge in [-0.25, -0.2) is 0 Å². The zero-order chi connectivity index (χ0) is 14.0. The summed E-state index contributed by atoms with van der Waals surface area (Å²) in [5, 5.41) is 19.3. The molecule has 0 aliphatic carbocycles. The molecule has 5 heteroatoms. The van der Waals surface area contributed by atoms with Crippen LogP contribution in [-0.4, -0.2) is 16.1 Å². The molecule has 0 saturated heterocycles. The van der Waals surface area contributed by atoms with E-state index in [1.807, 2.05) is 12.1 Å². The summed E-state index contributed by atoms with van der Waals surface area (Å²) in [6.45, 7) is 0. The van der Waals surface area contributed by atoms with Gasteiger partial charge in [0.15, 0.2) is 0 Å². The van der Waals surface area contributed by atoms with E-state index in [2.05, 4.69) is 15.9 Å². The Bertz CT molecular complexity index is 550. The van der Waals surface area contributed by atoms with Gasteiger partial charge in [-0.3, -0.25) is 0 Å². The minimum Gasteiger partial charge on any atom is -0.507 e. The van der Waals surface area contributed by atoms with Gasteiger partial charge in [0.05, 0.1) is 9.50 Å². The molecule has 0 bridgehead atoms. The molecule has 19 heavy (non-hydrogen) atoms. The Kier molecular flexibility index (Phi) is 4.61. The fourth-order valence-corrected chi connectivity index (χ4v) is 2.79. The lowest BCUT2D eigenvalue weighted by Gasteiger charge is -2.16. The first-order valence-electron chi connectivity index (χ1n) is 5.55. The van der Waals surface area contributed by atoms with E-state index in [1.165, 1.54) is 0 Å². The Morgan fingerprint density at radius 3 is 2.11 bits per heavy atom. The molecule has 100 valence electrons. The summed E-state index contributed by atoms with van der Waals surface area (Å²) >= 11 is 15.2. The van der Waals surface area contributed by atoms with E-state index in [4.69, 9.17) is 23.2 Å². The third-order valence-electron chi connectivity index (χ3n) is 2.90. The van der Waals surface area contributed by atoms with E-state index in [0.717, 1.165) is 11.1 Å². The van der Waals surface area contributed by atoms with Crippen LogP contribution in [0, 0.1) is 0 Å². The lowest BCUT2D eigenvalue weighted by molar-refractivity contribution is 0.471. The molecule has 0 aliphatic rings. The lowest BCUT2D eigenvalue weighted by Crippen LogP contribution is -2.02. The van der Waals surface area contributed by atoms with Gasteiger partial charge in [0.2, 0.25) is 0 Å². The number of hydrogen-bond donors (Lipinski definition) is 2. The summed E-state index contributed by atoms with van der Waals surface area (Å²) in [6.07, 6.45) is 0. The molecule has 0 aliphatic heterocycles. The third kappa shape index (κ3) is 3.16. The minimum absolute atomic E-state index is 0.0469. The maximum Gasteiger partial charge on any atom is 0.134 e. The molecule has 2 rings (SSSR count). The number of phenolic OH excluding ortho intramolecular Hbond substituents is 2. The van der Waals surface area contributed by atoms with Crippen LogP contribution in [0.1, 0.15) is 17.0 Å². The molecule has 0 radical (unpaired) electrons. The van der Waals surface area contributed by atoms with Crippen LogP contribution in [0.5, 0.6) is 11.5 Å². The summed E-state index contributed by atoms with van der Waals surface area (Å²) in [5.74, 6) is 0.543. The maximum absolute atomic E-state index is 9.52. The van der Waals surface area contributed by atoms with Gasteiger partial charge in [-0.2, -0.15) is 0 Å². The number of phenols is 2. The Morgan fingerprint density at radius 2 is 1.58 bits per heavy atom. The third-order valence-corrected chi connectivity index (χ3v) is 4.15. The first-order chi connectivity index (χ1) is 9.02. The van der Waals surface area contributed by atoms with Gasteiger partial charge >= 0.3 is 0 Å². The van der Waals surface area contributed by atoms with E-state index in [-0.39, 0.29) is 17.4 Å². The van der Waals surface area contributed by atoms with Gasteiger partial charge in [-0.1, -0.05) is 23.7 Å². The Morgan fingerprint density at radius 1 is 1.00 bits per heavy atom. The summed E-state index contributed by atoms with van der Waals surface area (Å²) in [6, 6.07) is 10.3. The van der Waals surface area contributed by atoms with Crippen molar-refractivity contribution in [3.8, 4) is 11.5 Å². The van der Waals surface area contributed by atoms with Gasteiger partial charge in [0.25, 0.3) is 0 Å². The van der Waals surface area contributed by atoms with E-state index in [9.17, 15) is 10.2 Å². The number of aromatic hydroxyl groups is 2. The maximum atomic E-state index is 9.52. The van der Waals surface area contributed by atoms with Crippen molar-refractivity contribution in [2.45, 2.75) is 5.92 Å². The van der Waals surface area contributed by atoms with Crippen LogP contribution >= 0.6 is 39.1 Å². The molecule has 0 spiro atoms. The lowest BCUT2D eigenvalue weighted by atomic mass is 9.93. The molecule has 1 atom stereocenters. The molecule has 2 N–H and O–H groups in total. The predicted octanol–water partition coefficient (Wildman–Crippen LogP) is 4.88. The van der Waals surface area contributed by atoms with Gasteiger partial charge in [-0.05, 0) is 51.3 Å². The Balaban J connectivity index is 2.43. The van der Waals surface area contributed by atoms with Crippen LogP contribution in [0.3, 0.4) is 0 Å². The van der Waals surface area contributed by atoms with E-state index < -0.39 is 0 Å². The Labute approximate surface area is 129 Å². The second-order valence-electron chi connectivity index (χ2n) is 4.13. The SMILES string of the molecule is Oc1ccc(C(CCl)c2ccc(O)c(Br)c2)cc1Cl. The van der Waals surface area contributed by atoms with Crippen molar-refractivity contribution in [3.63, 3.8) is 0 Å². The minimum atomic E-state index is -0.0586. The molecule has 2 nitrogen and oxygen atoms in total. The number of alkyl halides is 1. The molecule has 0 aromatic heterocycles. The average Bonchev–Trinajstić information content (AvgIpc) is 2.39. The molecule has 1 unspecified atom stereocenters. The van der Waals surface area contributed by atoms with Gasteiger partial charge < -0.3 is 10.2 Å². The normalized spacial score (nSPS) is 12.4. The second-order valence-corrected chi connectivity index (χ2v) is 5.70. The summed E-state index contributed by atoms with van der Waals surface area (Å²) in [7, 11) is 0. The van der Waals surface area contributed by atoms with Crippen molar-refractivity contribution in [2.75, 3.05) is 5.88 Å². The fourth-order valence-electron chi connectivity index (χ4n) is 1.85. The van der Waals surface area contributed by atoms with Crippen molar-refractivity contribution in [2.24, 2.45) is 0 Å². The summed E-state index contributed by atoms with van der Waals surface area (Å²) in [5.41, 5.74) is 1.87. The zero-order valence-corrected chi connectivity index (χ0v) is 12.9. The summed E-state index contributed by atoms with van der Waals surface area (Å²) in [4.78, 5) is 0. The van der Waals surface area contributed by atoms with Crippen LogP contribution in [0.4, 0.5) is 0 Å². The highest BCUT2D eigenvalue weighted by Crippen LogP contribution is 2.34. The average molecular weight is 362 g/mol. The number of halogens is 3. The van der Waals surface area contributed by atoms with Gasteiger partial charge in [-0.15, -0.1) is 11.6 Å². The molecule has 0 saturated carbocycles. The molecule has 0 heterocycles. The molecular weight excluding hydrogens is 351 g/mol.